The number of quaternary nitrogens is 1. The summed E-state index contributed by atoms with van der Waals surface area (Å²) in [6.07, 6.45) is 13.4. The number of carbonyl (C=O) groups excluding carboxylic acids is 1. The number of likely N-dealkylation sites (N-methyl/N-ethyl adjacent to an activating group) is 1. The van der Waals surface area contributed by atoms with Gasteiger partial charge in [0.2, 0.25) is 0 Å². The fraction of sp³-hybridized carbons (Fsp3) is 0.917. The van der Waals surface area contributed by atoms with Crippen LogP contribution in [0.4, 0.5) is 0 Å². The lowest BCUT2D eigenvalue weighted by Gasteiger charge is -2.31. The minimum Gasteiger partial charge on any atom is -0.477 e. The average molecular weight is 447 g/mol. The maximum atomic E-state index is 11.8. The van der Waals surface area contributed by atoms with Crippen LogP contribution in [-0.4, -0.2) is 79.7 Å². The van der Waals surface area contributed by atoms with Crippen LogP contribution >= 0.6 is 0 Å². The van der Waals surface area contributed by atoms with Gasteiger partial charge in [-0.15, -0.1) is 0 Å². The van der Waals surface area contributed by atoms with Crippen molar-refractivity contribution in [1.82, 2.24) is 0 Å². The lowest BCUT2D eigenvalue weighted by atomic mass is 10.1. The van der Waals surface area contributed by atoms with Gasteiger partial charge in [-0.1, -0.05) is 71.1 Å². The highest BCUT2D eigenvalue weighted by atomic mass is 16.5. The zero-order valence-electron chi connectivity index (χ0n) is 20.4. The van der Waals surface area contributed by atoms with E-state index in [1.54, 1.807) is 0 Å². The standard InChI is InChI=1S/C24H47NO6/c1-5-6-7-8-9-10-11-12-13-14-15-16-23(27)31-20-21(26)19-30-18-17-22(24(28)29)25(2,3)4/h21-22,26H,5-20H2,1-4H3/p+1/t21-,22?/m0/s1. The fourth-order valence-corrected chi connectivity index (χ4v) is 3.50. The molecule has 0 amide bonds. The van der Waals surface area contributed by atoms with Crippen molar-refractivity contribution in [3.8, 4) is 0 Å². The third-order valence-corrected chi connectivity index (χ3v) is 5.49. The summed E-state index contributed by atoms with van der Waals surface area (Å²) in [5, 5.41) is 19.1. The molecule has 184 valence electrons. The normalized spacial score (nSPS) is 13.7. The van der Waals surface area contributed by atoms with Crippen LogP contribution in [0.2, 0.25) is 0 Å². The third kappa shape index (κ3) is 18.1. The predicted molar refractivity (Wildman–Crippen MR) is 123 cm³/mol. The molecule has 0 aromatic rings. The van der Waals surface area contributed by atoms with Gasteiger partial charge in [0.25, 0.3) is 0 Å². The molecule has 0 heterocycles. The Kier molecular flexibility index (Phi) is 17.7. The van der Waals surface area contributed by atoms with Crippen LogP contribution in [0.5, 0.6) is 0 Å². The van der Waals surface area contributed by atoms with Gasteiger partial charge in [0, 0.05) is 12.8 Å². The van der Waals surface area contributed by atoms with Gasteiger partial charge in [0.15, 0.2) is 6.04 Å². The Morgan fingerprint density at radius 1 is 0.839 bits per heavy atom. The summed E-state index contributed by atoms with van der Waals surface area (Å²) in [4.78, 5) is 23.1. The molecular weight excluding hydrogens is 398 g/mol. The van der Waals surface area contributed by atoms with Crippen LogP contribution < -0.4 is 0 Å². The summed E-state index contributed by atoms with van der Waals surface area (Å²) in [6.45, 7) is 2.40. The van der Waals surface area contributed by atoms with E-state index >= 15 is 0 Å². The molecule has 0 aliphatic rings. The number of carboxylic acid groups (broad SMARTS) is 1. The van der Waals surface area contributed by atoms with Crippen LogP contribution in [0.3, 0.4) is 0 Å². The van der Waals surface area contributed by atoms with E-state index in [-0.39, 0.29) is 25.8 Å². The van der Waals surface area contributed by atoms with Crippen molar-refractivity contribution in [1.29, 1.82) is 0 Å². The molecule has 0 saturated carbocycles. The van der Waals surface area contributed by atoms with Gasteiger partial charge in [-0.2, -0.15) is 0 Å². The number of hydrogen-bond donors (Lipinski definition) is 2. The maximum absolute atomic E-state index is 11.8. The Bertz CT molecular complexity index is 463. The Balaban J connectivity index is 3.60. The van der Waals surface area contributed by atoms with Crippen molar-refractivity contribution >= 4 is 11.9 Å². The van der Waals surface area contributed by atoms with E-state index in [1.807, 2.05) is 21.1 Å². The second-order valence-corrected chi connectivity index (χ2v) is 9.46. The van der Waals surface area contributed by atoms with Gasteiger partial charge >= 0.3 is 11.9 Å². The highest BCUT2D eigenvalue weighted by molar-refractivity contribution is 5.72. The van der Waals surface area contributed by atoms with Crippen molar-refractivity contribution in [3.63, 3.8) is 0 Å². The number of aliphatic hydroxyl groups is 1. The molecular formula is C24H48NO6+. The fourth-order valence-electron chi connectivity index (χ4n) is 3.50. The quantitative estimate of drug-likeness (QED) is 0.156. The Morgan fingerprint density at radius 3 is 1.84 bits per heavy atom. The smallest absolute Gasteiger partial charge is 0.362 e. The Morgan fingerprint density at radius 2 is 1.35 bits per heavy atom. The van der Waals surface area contributed by atoms with Crippen molar-refractivity contribution in [2.75, 3.05) is 41.0 Å². The molecule has 0 bridgehead atoms. The van der Waals surface area contributed by atoms with E-state index in [1.165, 1.54) is 51.4 Å². The summed E-state index contributed by atoms with van der Waals surface area (Å²) >= 11 is 0. The number of carbonyl (C=O) groups is 2. The van der Waals surface area contributed by atoms with Crippen LogP contribution in [0.15, 0.2) is 0 Å². The minimum atomic E-state index is -0.895. The molecule has 0 saturated heterocycles. The first-order chi connectivity index (χ1) is 14.7. The predicted octanol–water partition coefficient (Wildman–Crippen LogP) is 4.16. The molecule has 7 nitrogen and oxygen atoms in total. The molecule has 0 aromatic heterocycles. The molecule has 1 unspecified atom stereocenters. The number of aliphatic hydroxyl groups excluding tert-OH is 1. The van der Waals surface area contributed by atoms with Gasteiger partial charge < -0.3 is 24.2 Å². The summed E-state index contributed by atoms with van der Waals surface area (Å²) in [7, 11) is 5.47. The van der Waals surface area contributed by atoms with Gasteiger partial charge in [0.1, 0.15) is 12.7 Å². The summed E-state index contributed by atoms with van der Waals surface area (Å²) in [6, 6.07) is -0.569. The Labute approximate surface area is 189 Å². The third-order valence-electron chi connectivity index (χ3n) is 5.49. The van der Waals surface area contributed by atoms with Crippen molar-refractivity contribution in [3.05, 3.63) is 0 Å². The molecule has 0 aliphatic heterocycles. The van der Waals surface area contributed by atoms with Crippen molar-refractivity contribution < 1.29 is 33.8 Å². The summed E-state index contributed by atoms with van der Waals surface area (Å²) in [5.41, 5.74) is 0. The summed E-state index contributed by atoms with van der Waals surface area (Å²) in [5.74, 6) is -1.15. The number of carboxylic acids is 1. The monoisotopic (exact) mass is 446 g/mol. The number of rotatable bonds is 21. The molecule has 31 heavy (non-hydrogen) atoms. The van der Waals surface area contributed by atoms with E-state index in [0.717, 1.165) is 19.3 Å². The van der Waals surface area contributed by atoms with E-state index < -0.39 is 18.1 Å². The van der Waals surface area contributed by atoms with E-state index in [9.17, 15) is 19.8 Å². The molecule has 0 spiro atoms. The highest BCUT2D eigenvalue weighted by Gasteiger charge is 2.30. The van der Waals surface area contributed by atoms with Crippen molar-refractivity contribution in [2.45, 2.75) is 103 Å². The summed E-state index contributed by atoms with van der Waals surface area (Å²) < 4.78 is 10.8. The number of esters is 1. The molecule has 0 aromatic carbocycles. The van der Waals surface area contributed by atoms with Crippen LogP contribution in [0, 0.1) is 0 Å². The highest BCUT2D eigenvalue weighted by Crippen LogP contribution is 2.12. The molecule has 7 heteroatoms. The number of aliphatic carboxylic acids is 1. The van der Waals surface area contributed by atoms with E-state index in [2.05, 4.69) is 6.92 Å². The maximum Gasteiger partial charge on any atom is 0.362 e. The zero-order valence-corrected chi connectivity index (χ0v) is 20.4. The van der Waals surface area contributed by atoms with E-state index in [4.69, 9.17) is 9.47 Å². The number of hydrogen-bond acceptors (Lipinski definition) is 5. The van der Waals surface area contributed by atoms with E-state index in [0.29, 0.717) is 17.3 Å². The van der Waals surface area contributed by atoms with Gasteiger partial charge in [-0.05, 0) is 6.42 Å². The SMILES string of the molecule is CCCCCCCCCCCCCC(=O)OC[C@@H](O)COCCC(C(=O)O)[N+](C)(C)C. The first kappa shape index (κ1) is 29.8. The molecule has 0 radical (unpaired) electrons. The number of ether oxygens (including phenoxy) is 2. The van der Waals surface area contributed by atoms with Crippen LogP contribution in [0.25, 0.3) is 0 Å². The second kappa shape index (κ2) is 18.4. The van der Waals surface area contributed by atoms with Crippen molar-refractivity contribution in [2.24, 2.45) is 0 Å². The molecule has 0 fully saturated rings. The number of unbranched alkanes of at least 4 members (excludes halogenated alkanes) is 10. The minimum absolute atomic E-state index is 0.0230. The molecule has 0 rings (SSSR count). The number of nitrogens with zero attached hydrogens (tertiary/aromatic N) is 1. The van der Waals surface area contributed by atoms with Gasteiger partial charge in [-0.3, -0.25) is 4.79 Å². The van der Waals surface area contributed by atoms with Crippen LogP contribution in [0.1, 0.15) is 90.4 Å². The molecule has 2 atom stereocenters. The second-order valence-electron chi connectivity index (χ2n) is 9.46. The largest absolute Gasteiger partial charge is 0.477 e. The Hall–Kier alpha value is -1.18. The van der Waals surface area contributed by atoms with Crippen LogP contribution in [-0.2, 0) is 19.1 Å². The van der Waals surface area contributed by atoms with Gasteiger partial charge in [0.05, 0.1) is 34.4 Å². The lowest BCUT2D eigenvalue weighted by molar-refractivity contribution is -0.887. The lowest BCUT2D eigenvalue weighted by Crippen LogP contribution is -2.50. The molecule has 2 N–H and O–H groups in total. The zero-order chi connectivity index (χ0) is 23.5. The average Bonchev–Trinajstić information content (AvgIpc) is 2.69. The topological polar surface area (TPSA) is 93.1 Å². The molecule has 0 aliphatic carbocycles. The first-order valence-corrected chi connectivity index (χ1v) is 12.1. The van der Waals surface area contributed by atoms with Gasteiger partial charge in [-0.25, -0.2) is 4.79 Å². The first-order valence-electron chi connectivity index (χ1n) is 12.1.